The molecule has 1 saturated heterocycles. The van der Waals surface area contributed by atoms with E-state index in [4.69, 9.17) is 0 Å². The number of amides is 5. The molecule has 3 rings (SSSR count). The molecule has 0 radical (unpaired) electrons. The van der Waals surface area contributed by atoms with Crippen LogP contribution >= 0.6 is 0 Å². The lowest BCUT2D eigenvalue weighted by atomic mass is 9.83. The van der Waals surface area contributed by atoms with Gasteiger partial charge in [-0.25, -0.2) is 13.2 Å². The fraction of sp³-hybridized carbons (Fsp3) is 0.853. The fourth-order valence-corrected chi connectivity index (χ4v) is 6.37. The van der Waals surface area contributed by atoms with Gasteiger partial charge in [-0.2, -0.15) is 0 Å². The Morgan fingerprint density at radius 3 is 1.83 bits per heavy atom. The van der Waals surface area contributed by atoms with Crippen LogP contribution in [0.15, 0.2) is 0 Å². The standard InChI is InChI=1S/C25H41N5O7S.C5H12.C4H10/c1-24(2,3)38(36,37)16-25(11-5-4-6-12-25)29-23(35)27-15-20(32)30-13-7-8-18(30)21(33)26-14-19(31)22(34)28-17-9-10-17;1-5(2,3)4;1-3-4-2/h17-18H,4-16H2,1-3H3,(H,26,33)(H,28,34)(H2,27,29,35);1-4H3;3-4H2,1-2H3. The van der Waals surface area contributed by atoms with Crippen LogP contribution < -0.4 is 21.3 Å². The van der Waals surface area contributed by atoms with Crippen LogP contribution in [0.5, 0.6) is 0 Å². The largest absolute Gasteiger partial charge is 0.347 e. The predicted molar refractivity (Wildman–Crippen MR) is 186 cm³/mol. The van der Waals surface area contributed by atoms with Gasteiger partial charge in [0.25, 0.3) is 5.91 Å². The van der Waals surface area contributed by atoms with Crippen molar-refractivity contribution in [2.24, 2.45) is 5.41 Å². The molecular weight excluding hydrogens is 622 g/mol. The molecule has 0 aromatic heterocycles. The predicted octanol–water partition coefficient (Wildman–Crippen LogP) is 4.02. The Morgan fingerprint density at radius 2 is 1.34 bits per heavy atom. The molecule has 47 heavy (non-hydrogen) atoms. The lowest BCUT2D eigenvalue weighted by Gasteiger charge is -2.39. The Hall–Kier alpha value is -2.70. The van der Waals surface area contributed by atoms with E-state index < -0.39 is 62.2 Å². The third-order valence-corrected chi connectivity index (χ3v) is 10.8. The smallest absolute Gasteiger partial charge is 0.315 e. The van der Waals surface area contributed by atoms with Gasteiger partial charge in [-0.3, -0.25) is 19.2 Å². The monoisotopic (exact) mass is 685 g/mol. The third kappa shape index (κ3) is 16.3. The molecule has 0 aromatic carbocycles. The van der Waals surface area contributed by atoms with Crippen molar-refractivity contribution in [3.63, 3.8) is 0 Å². The van der Waals surface area contributed by atoms with Crippen LogP contribution in [0.3, 0.4) is 0 Å². The first-order chi connectivity index (χ1) is 21.6. The highest BCUT2D eigenvalue weighted by Gasteiger charge is 2.42. The molecule has 2 saturated carbocycles. The Balaban J connectivity index is 0.00000108. The minimum absolute atomic E-state index is 0.0330. The maximum atomic E-state index is 12.9. The van der Waals surface area contributed by atoms with Crippen molar-refractivity contribution in [1.82, 2.24) is 26.2 Å². The molecule has 0 aromatic rings. The number of unbranched alkanes of at least 4 members (excludes halogenated alkanes) is 1. The number of hydrogen-bond donors (Lipinski definition) is 4. The summed E-state index contributed by atoms with van der Waals surface area (Å²) >= 11 is 0. The lowest BCUT2D eigenvalue weighted by Crippen LogP contribution is -2.59. The molecule has 3 aliphatic rings. The van der Waals surface area contributed by atoms with E-state index in [-0.39, 0.29) is 18.3 Å². The number of likely N-dealkylation sites (tertiary alicyclic amines) is 1. The van der Waals surface area contributed by atoms with E-state index in [9.17, 15) is 32.4 Å². The van der Waals surface area contributed by atoms with Crippen molar-refractivity contribution < 1.29 is 32.4 Å². The van der Waals surface area contributed by atoms with Crippen molar-refractivity contribution in [2.75, 3.05) is 25.4 Å². The average Bonchev–Trinajstić information content (AvgIpc) is 3.63. The van der Waals surface area contributed by atoms with Gasteiger partial charge in [-0.05, 0) is 64.7 Å². The number of Topliss-reactive ketones (excluding diaryl/α,β-unsaturated/α-hetero) is 1. The van der Waals surface area contributed by atoms with Gasteiger partial charge in [-0.15, -0.1) is 0 Å². The quantitative estimate of drug-likeness (QED) is 0.238. The summed E-state index contributed by atoms with van der Waals surface area (Å²) in [6, 6.07) is -1.39. The van der Waals surface area contributed by atoms with E-state index in [1.165, 1.54) is 17.7 Å². The van der Waals surface area contributed by atoms with Crippen molar-refractivity contribution in [2.45, 2.75) is 155 Å². The number of urea groups is 1. The Labute approximate surface area is 283 Å². The average molecular weight is 686 g/mol. The molecule has 1 heterocycles. The van der Waals surface area contributed by atoms with Crippen molar-refractivity contribution in [3.05, 3.63) is 0 Å². The van der Waals surface area contributed by atoms with Crippen LogP contribution in [0.4, 0.5) is 4.79 Å². The summed E-state index contributed by atoms with van der Waals surface area (Å²) in [6.45, 7) is 17.5. The first-order valence-corrected chi connectivity index (χ1v) is 19.0. The molecule has 0 bridgehead atoms. The second kappa shape index (κ2) is 18.7. The molecule has 0 spiro atoms. The summed E-state index contributed by atoms with van der Waals surface area (Å²) in [5.74, 6) is -2.63. The summed E-state index contributed by atoms with van der Waals surface area (Å²) in [6.07, 6.45) is 8.95. The zero-order valence-electron chi connectivity index (χ0n) is 30.5. The van der Waals surface area contributed by atoms with Gasteiger partial charge < -0.3 is 26.2 Å². The highest BCUT2D eigenvalue weighted by molar-refractivity contribution is 7.92. The molecule has 5 amide bonds. The topological polar surface area (TPSA) is 171 Å². The number of nitrogens with zero attached hydrogens (tertiary/aromatic N) is 1. The second-order valence-corrected chi connectivity index (χ2v) is 18.4. The van der Waals surface area contributed by atoms with Gasteiger partial charge in [0.1, 0.15) is 6.04 Å². The lowest BCUT2D eigenvalue weighted by molar-refractivity contribution is -0.140. The Bertz CT molecular complexity index is 1160. The summed E-state index contributed by atoms with van der Waals surface area (Å²) in [4.78, 5) is 63.3. The minimum atomic E-state index is -3.49. The normalized spacial score (nSPS) is 19.2. The van der Waals surface area contributed by atoms with Gasteiger partial charge in [0.2, 0.25) is 17.6 Å². The number of nitrogens with one attached hydrogen (secondary N) is 4. The molecule has 1 unspecified atom stereocenters. The zero-order chi connectivity index (χ0) is 36.1. The number of sulfone groups is 1. The molecule has 1 atom stereocenters. The van der Waals surface area contributed by atoms with Crippen LogP contribution in [0.25, 0.3) is 0 Å². The van der Waals surface area contributed by atoms with Crippen LogP contribution in [0.1, 0.15) is 133 Å². The Morgan fingerprint density at radius 1 is 0.787 bits per heavy atom. The van der Waals surface area contributed by atoms with Gasteiger partial charge in [0.05, 0.1) is 29.1 Å². The zero-order valence-corrected chi connectivity index (χ0v) is 31.3. The second-order valence-electron chi connectivity index (χ2n) is 15.7. The number of carbonyl (C=O) groups is 5. The summed E-state index contributed by atoms with van der Waals surface area (Å²) in [5, 5.41) is 10.4. The molecule has 3 fully saturated rings. The molecule has 12 nitrogen and oxygen atoms in total. The third-order valence-electron chi connectivity index (χ3n) is 7.95. The van der Waals surface area contributed by atoms with Gasteiger partial charge in [0, 0.05) is 12.6 Å². The summed E-state index contributed by atoms with van der Waals surface area (Å²) < 4.78 is 24.9. The molecule has 272 valence electrons. The van der Waals surface area contributed by atoms with Crippen molar-refractivity contribution in [3.8, 4) is 0 Å². The van der Waals surface area contributed by atoms with Crippen molar-refractivity contribution in [1.29, 1.82) is 0 Å². The van der Waals surface area contributed by atoms with Crippen LogP contribution in [-0.4, -0.2) is 90.6 Å². The Kier molecular flexibility index (Phi) is 16.9. The number of hydrogen-bond acceptors (Lipinski definition) is 7. The highest BCUT2D eigenvalue weighted by Crippen LogP contribution is 2.32. The fourth-order valence-electron chi connectivity index (χ4n) is 4.85. The van der Waals surface area contributed by atoms with Gasteiger partial charge >= 0.3 is 6.03 Å². The minimum Gasteiger partial charge on any atom is -0.347 e. The molecule has 2 aliphatic carbocycles. The van der Waals surface area contributed by atoms with Gasteiger partial charge in [0.15, 0.2) is 9.84 Å². The summed E-state index contributed by atoms with van der Waals surface area (Å²) in [5.41, 5.74) is -0.397. The van der Waals surface area contributed by atoms with Crippen molar-refractivity contribution >= 4 is 39.4 Å². The van der Waals surface area contributed by atoms with Crippen LogP contribution in [-0.2, 0) is 29.0 Å². The first kappa shape index (κ1) is 42.3. The first-order valence-electron chi connectivity index (χ1n) is 17.3. The molecule has 4 N–H and O–H groups in total. The number of carbonyl (C=O) groups excluding carboxylic acids is 5. The molecule has 13 heteroatoms. The van der Waals surface area contributed by atoms with E-state index in [1.54, 1.807) is 20.8 Å². The van der Waals surface area contributed by atoms with Crippen LogP contribution in [0, 0.1) is 5.41 Å². The van der Waals surface area contributed by atoms with Crippen LogP contribution in [0.2, 0.25) is 0 Å². The van der Waals surface area contributed by atoms with E-state index in [2.05, 4.69) is 62.8 Å². The van der Waals surface area contributed by atoms with Gasteiger partial charge in [-0.1, -0.05) is 73.6 Å². The van der Waals surface area contributed by atoms with E-state index >= 15 is 0 Å². The maximum Gasteiger partial charge on any atom is 0.315 e. The van der Waals surface area contributed by atoms with E-state index in [0.717, 1.165) is 32.1 Å². The molecule has 1 aliphatic heterocycles. The number of ketones is 1. The summed E-state index contributed by atoms with van der Waals surface area (Å²) in [7, 11) is -3.49. The molecular formula is C34H63N5O7S. The van der Waals surface area contributed by atoms with E-state index in [0.29, 0.717) is 37.6 Å². The van der Waals surface area contributed by atoms with E-state index in [1.807, 2.05) is 0 Å². The highest BCUT2D eigenvalue weighted by atomic mass is 32.2. The number of rotatable bonds is 11. The SMILES string of the molecule is CC(C)(C)C.CC(C)(C)S(=O)(=O)CC1(NC(=O)NCC(=O)N2CCCC2C(=O)NCC(=O)C(=O)NC2CC2)CCCCC1.CCCC. The maximum absolute atomic E-state index is 12.9.